The Morgan fingerprint density at radius 3 is 3.11 bits per heavy atom. The Morgan fingerprint density at radius 1 is 1.26 bits per heavy atom. The lowest BCUT2D eigenvalue weighted by Crippen LogP contribution is -2.16. The van der Waals surface area contributed by atoms with Gasteiger partial charge < -0.3 is 10.1 Å². The lowest BCUT2D eigenvalue weighted by molar-refractivity contribution is 0.357. The fourth-order valence-corrected chi connectivity index (χ4v) is 3.11. The molecule has 0 amide bonds. The highest BCUT2D eigenvalue weighted by Crippen LogP contribution is 2.39. The van der Waals surface area contributed by atoms with Crippen molar-refractivity contribution in [2.45, 2.75) is 39.0 Å². The lowest BCUT2D eigenvalue weighted by atomic mass is 9.95. The summed E-state index contributed by atoms with van der Waals surface area (Å²) in [5, 5.41) is 3.54. The largest absolute Gasteiger partial charge is 0.493 e. The molecule has 0 saturated carbocycles. The second kappa shape index (κ2) is 5.79. The number of allylic oxidation sites excluding steroid dienone is 1. The van der Waals surface area contributed by atoms with Crippen molar-refractivity contribution < 1.29 is 4.74 Å². The zero-order valence-electron chi connectivity index (χ0n) is 11.8. The van der Waals surface area contributed by atoms with Crippen LogP contribution in [0.2, 0.25) is 0 Å². The molecule has 0 unspecified atom stereocenters. The van der Waals surface area contributed by atoms with E-state index in [1.54, 1.807) is 0 Å². The minimum Gasteiger partial charge on any atom is -0.493 e. The predicted molar refractivity (Wildman–Crippen MR) is 79.7 cm³/mol. The van der Waals surface area contributed by atoms with Gasteiger partial charge in [0.15, 0.2) is 0 Å². The number of rotatable bonds is 6. The molecule has 1 aliphatic heterocycles. The molecule has 1 heterocycles. The van der Waals surface area contributed by atoms with Gasteiger partial charge in [0.1, 0.15) is 5.75 Å². The number of hydrogen-bond donors (Lipinski definition) is 1. The van der Waals surface area contributed by atoms with Crippen molar-refractivity contribution >= 4 is 5.57 Å². The van der Waals surface area contributed by atoms with Crippen molar-refractivity contribution in [3.8, 4) is 5.75 Å². The predicted octanol–water partition coefficient (Wildman–Crippen LogP) is 3.34. The molecule has 2 aliphatic rings. The SMILES string of the molecule is CCCCNCCC1=CCc2ccc3c(c21)CCO3. The van der Waals surface area contributed by atoms with Gasteiger partial charge in [-0.2, -0.15) is 0 Å². The molecule has 2 heteroatoms. The Kier molecular flexibility index (Phi) is 3.88. The van der Waals surface area contributed by atoms with Crippen LogP contribution in [0.4, 0.5) is 0 Å². The van der Waals surface area contributed by atoms with E-state index in [1.165, 1.54) is 35.1 Å². The van der Waals surface area contributed by atoms with E-state index >= 15 is 0 Å². The summed E-state index contributed by atoms with van der Waals surface area (Å²) in [4.78, 5) is 0. The van der Waals surface area contributed by atoms with Crippen LogP contribution in [0.15, 0.2) is 18.2 Å². The lowest BCUT2D eigenvalue weighted by Gasteiger charge is -2.11. The summed E-state index contributed by atoms with van der Waals surface area (Å²) in [5.74, 6) is 1.12. The van der Waals surface area contributed by atoms with E-state index in [1.807, 2.05) is 0 Å². The summed E-state index contributed by atoms with van der Waals surface area (Å²) in [6, 6.07) is 4.39. The second-order valence-electron chi connectivity index (χ2n) is 5.46. The van der Waals surface area contributed by atoms with Crippen LogP contribution < -0.4 is 10.1 Å². The van der Waals surface area contributed by atoms with Crippen LogP contribution in [-0.4, -0.2) is 19.7 Å². The van der Waals surface area contributed by atoms with Crippen LogP contribution >= 0.6 is 0 Å². The van der Waals surface area contributed by atoms with E-state index in [-0.39, 0.29) is 0 Å². The van der Waals surface area contributed by atoms with Gasteiger partial charge >= 0.3 is 0 Å². The quantitative estimate of drug-likeness (QED) is 0.789. The monoisotopic (exact) mass is 257 g/mol. The summed E-state index contributed by atoms with van der Waals surface area (Å²) in [6.07, 6.45) is 8.28. The van der Waals surface area contributed by atoms with Gasteiger partial charge in [0.25, 0.3) is 0 Å². The van der Waals surface area contributed by atoms with Crippen molar-refractivity contribution in [3.63, 3.8) is 0 Å². The third kappa shape index (κ3) is 2.55. The Hall–Kier alpha value is -1.28. The number of ether oxygens (including phenoxy) is 1. The zero-order chi connectivity index (χ0) is 13.1. The number of unbranched alkanes of at least 4 members (excludes halogenated alkanes) is 1. The van der Waals surface area contributed by atoms with Gasteiger partial charge in [0, 0.05) is 12.0 Å². The number of hydrogen-bond acceptors (Lipinski definition) is 2. The fourth-order valence-electron chi connectivity index (χ4n) is 3.11. The molecule has 0 fully saturated rings. The van der Waals surface area contributed by atoms with E-state index in [4.69, 9.17) is 4.74 Å². The highest BCUT2D eigenvalue weighted by atomic mass is 16.5. The molecule has 0 spiro atoms. The van der Waals surface area contributed by atoms with Crippen molar-refractivity contribution in [3.05, 3.63) is 34.9 Å². The first-order valence-electron chi connectivity index (χ1n) is 7.58. The third-order valence-corrected chi connectivity index (χ3v) is 4.13. The Bertz CT molecular complexity index is 490. The van der Waals surface area contributed by atoms with Crippen LogP contribution in [0.25, 0.3) is 5.57 Å². The minimum atomic E-state index is 0.855. The second-order valence-corrected chi connectivity index (χ2v) is 5.46. The van der Waals surface area contributed by atoms with Crippen LogP contribution in [-0.2, 0) is 12.8 Å². The summed E-state index contributed by atoms with van der Waals surface area (Å²) < 4.78 is 5.69. The maximum absolute atomic E-state index is 5.69. The molecule has 1 aromatic carbocycles. The normalized spacial score (nSPS) is 15.9. The molecule has 0 atom stereocenters. The third-order valence-electron chi connectivity index (χ3n) is 4.13. The van der Waals surface area contributed by atoms with Crippen LogP contribution in [0.5, 0.6) is 5.75 Å². The van der Waals surface area contributed by atoms with Gasteiger partial charge in [-0.15, -0.1) is 0 Å². The van der Waals surface area contributed by atoms with Gasteiger partial charge in [0.05, 0.1) is 6.61 Å². The summed E-state index contributed by atoms with van der Waals surface area (Å²) in [6.45, 7) is 5.33. The molecule has 1 aromatic rings. The van der Waals surface area contributed by atoms with Crippen molar-refractivity contribution in [2.24, 2.45) is 0 Å². The summed E-state index contributed by atoms with van der Waals surface area (Å²) in [5.41, 5.74) is 5.98. The summed E-state index contributed by atoms with van der Waals surface area (Å²) >= 11 is 0. The van der Waals surface area contributed by atoms with E-state index in [9.17, 15) is 0 Å². The Morgan fingerprint density at radius 2 is 2.21 bits per heavy atom. The minimum absolute atomic E-state index is 0.855. The average molecular weight is 257 g/mol. The maximum atomic E-state index is 5.69. The van der Waals surface area contributed by atoms with Gasteiger partial charge in [0.2, 0.25) is 0 Å². The molecule has 0 saturated heterocycles. The van der Waals surface area contributed by atoms with Crippen molar-refractivity contribution in [1.29, 1.82) is 0 Å². The first-order valence-corrected chi connectivity index (χ1v) is 7.58. The number of benzene rings is 1. The molecule has 102 valence electrons. The molecular weight excluding hydrogens is 234 g/mol. The summed E-state index contributed by atoms with van der Waals surface area (Å²) in [7, 11) is 0. The Balaban J connectivity index is 1.66. The fraction of sp³-hybridized carbons (Fsp3) is 0.529. The zero-order valence-corrected chi connectivity index (χ0v) is 11.8. The highest BCUT2D eigenvalue weighted by Gasteiger charge is 2.23. The first kappa shape index (κ1) is 12.7. The molecule has 3 rings (SSSR count). The van der Waals surface area contributed by atoms with E-state index in [2.05, 4.69) is 30.4 Å². The molecule has 0 aromatic heterocycles. The molecular formula is C17H23NO. The topological polar surface area (TPSA) is 21.3 Å². The Labute approximate surface area is 115 Å². The molecule has 19 heavy (non-hydrogen) atoms. The maximum Gasteiger partial charge on any atom is 0.123 e. The average Bonchev–Trinajstić information content (AvgIpc) is 3.03. The first-order chi connectivity index (χ1) is 9.40. The smallest absolute Gasteiger partial charge is 0.123 e. The number of fused-ring (bicyclic) bond motifs is 3. The van der Waals surface area contributed by atoms with Gasteiger partial charge in [-0.3, -0.25) is 0 Å². The van der Waals surface area contributed by atoms with Gasteiger partial charge in [-0.05, 0) is 55.1 Å². The van der Waals surface area contributed by atoms with Gasteiger partial charge in [-0.25, -0.2) is 0 Å². The van der Waals surface area contributed by atoms with Crippen LogP contribution in [0.1, 0.15) is 42.9 Å². The van der Waals surface area contributed by atoms with Crippen molar-refractivity contribution in [1.82, 2.24) is 5.32 Å². The van der Waals surface area contributed by atoms with E-state index in [0.717, 1.165) is 44.7 Å². The standard InChI is InChI=1S/C17H23NO/c1-2-3-10-18-11-8-14-5-4-13-6-7-16-15(17(13)14)9-12-19-16/h5-7,18H,2-4,8-12H2,1H3. The van der Waals surface area contributed by atoms with Crippen molar-refractivity contribution in [2.75, 3.05) is 19.7 Å². The van der Waals surface area contributed by atoms with E-state index in [0.29, 0.717) is 0 Å². The molecule has 2 nitrogen and oxygen atoms in total. The molecule has 1 aliphatic carbocycles. The number of nitrogens with one attached hydrogen (secondary N) is 1. The molecule has 0 bridgehead atoms. The molecule has 1 N–H and O–H groups in total. The van der Waals surface area contributed by atoms with Gasteiger partial charge in [-0.1, -0.05) is 25.5 Å². The molecule has 0 radical (unpaired) electrons. The van der Waals surface area contributed by atoms with Crippen LogP contribution in [0, 0.1) is 0 Å². The van der Waals surface area contributed by atoms with Crippen LogP contribution in [0.3, 0.4) is 0 Å². The van der Waals surface area contributed by atoms with E-state index < -0.39 is 0 Å². The highest BCUT2D eigenvalue weighted by molar-refractivity contribution is 5.77.